The predicted molar refractivity (Wildman–Crippen MR) is 146 cm³/mol. The van der Waals surface area contributed by atoms with Gasteiger partial charge in [-0.1, -0.05) is 13.8 Å². The first-order valence-electron chi connectivity index (χ1n) is 12.6. The summed E-state index contributed by atoms with van der Waals surface area (Å²) < 4.78 is 58.2. The summed E-state index contributed by atoms with van der Waals surface area (Å²) in [6.45, 7) is 4.32. The molecule has 0 amide bonds. The van der Waals surface area contributed by atoms with Crippen LogP contribution in [0.1, 0.15) is 25.8 Å². The summed E-state index contributed by atoms with van der Waals surface area (Å²) in [5.74, 6) is -0.0229. The van der Waals surface area contributed by atoms with Gasteiger partial charge < -0.3 is 30.5 Å². The van der Waals surface area contributed by atoms with Crippen LogP contribution >= 0.6 is 0 Å². The van der Waals surface area contributed by atoms with Crippen molar-refractivity contribution in [3.8, 4) is 5.88 Å². The van der Waals surface area contributed by atoms with E-state index in [1.807, 2.05) is 37.7 Å². The van der Waals surface area contributed by atoms with E-state index >= 15 is 0 Å². The van der Waals surface area contributed by atoms with Crippen LogP contribution in [0.25, 0.3) is 0 Å². The summed E-state index contributed by atoms with van der Waals surface area (Å²) in [5, 5.41) is 2.88. The van der Waals surface area contributed by atoms with E-state index in [9.17, 15) is 17.6 Å². The number of alkyl halides is 3. The highest BCUT2D eigenvalue weighted by Gasteiger charge is 2.33. The van der Waals surface area contributed by atoms with Crippen LogP contribution < -0.4 is 25.6 Å². The van der Waals surface area contributed by atoms with E-state index in [1.165, 1.54) is 24.5 Å². The molecule has 1 aliphatic rings. The van der Waals surface area contributed by atoms with Gasteiger partial charge in [-0.05, 0) is 55.8 Å². The van der Waals surface area contributed by atoms with Gasteiger partial charge in [-0.25, -0.2) is 14.4 Å². The summed E-state index contributed by atoms with van der Waals surface area (Å²) in [5.41, 5.74) is 7.87. The number of pyridine rings is 1. The molecule has 1 aliphatic heterocycles. The zero-order chi connectivity index (χ0) is 29.2. The number of hydrogen-bond acceptors (Lipinski definition) is 10. The van der Waals surface area contributed by atoms with Gasteiger partial charge >= 0.3 is 6.18 Å². The van der Waals surface area contributed by atoms with Crippen molar-refractivity contribution in [3.05, 3.63) is 42.0 Å². The van der Waals surface area contributed by atoms with E-state index in [0.717, 1.165) is 17.7 Å². The molecule has 14 heteroatoms. The van der Waals surface area contributed by atoms with Crippen molar-refractivity contribution in [2.45, 2.75) is 31.9 Å². The van der Waals surface area contributed by atoms with Gasteiger partial charge in [0.1, 0.15) is 17.8 Å². The Bertz CT molecular complexity index is 1350. The molecule has 0 saturated carbocycles. The quantitative estimate of drug-likeness (QED) is 0.362. The second kappa shape index (κ2) is 11.3. The number of halogens is 4. The molecular formula is C26H33F4N9O. The number of nitrogen functional groups attached to an aromatic ring is 1. The van der Waals surface area contributed by atoms with Gasteiger partial charge in [0.2, 0.25) is 17.8 Å². The molecule has 0 saturated heterocycles. The summed E-state index contributed by atoms with van der Waals surface area (Å²) in [4.78, 5) is 22.7. The smallest absolute Gasteiger partial charge is 0.422 e. The lowest BCUT2D eigenvalue weighted by Gasteiger charge is -2.39. The summed E-state index contributed by atoms with van der Waals surface area (Å²) in [6.07, 6.45) is -2.58. The molecule has 1 aromatic carbocycles. The Morgan fingerprint density at radius 3 is 2.55 bits per heavy atom. The molecule has 3 aromatic rings. The van der Waals surface area contributed by atoms with Gasteiger partial charge in [-0.2, -0.15) is 23.1 Å². The molecule has 3 heterocycles. The van der Waals surface area contributed by atoms with Crippen LogP contribution in [0.2, 0.25) is 0 Å². The van der Waals surface area contributed by atoms with Crippen LogP contribution in [0.15, 0.2) is 30.6 Å². The van der Waals surface area contributed by atoms with Crippen molar-refractivity contribution in [2.24, 2.45) is 0 Å². The number of benzene rings is 1. The number of anilines is 6. The Hall–Kier alpha value is -3.94. The van der Waals surface area contributed by atoms with E-state index in [-0.39, 0.29) is 40.3 Å². The highest BCUT2D eigenvalue weighted by Crippen LogP contribution is 2.42. The fraction of sp³-hybridized carbons (Fsp3) is 0.462. The van der Waals surface area contributed by atoms with Crippen LogP contribution in [0.5, 0.6) is 5.88 Å². The Labute approximate surface area is 230 Å². The molecule has 0 fully saturated rings. The maximum atomic E-state index is 14.1. The number of fused-ring (bicyclic) bond motifs is 1. The minimum atomic E-state index is -4.58. The molecule has 216 valence electrons. The van der Waals surface area contributed by atoms with E-state index in [4.69, 9.17) is 10.5 Å². The monoisotopic (exact) mass is 563 g/mol. The first kappa shape index (κ1) is 29.1. The molecule has 0 bridgehead atoms. The van der Waals surface area contributed by atoms with Crippen molar-refractivity contribution in [3.63, 3.8) is 0 Å². The second-order valence-electron chi connectivity index (χ2n) is 10.6. The SMILES string of the molecule is CN(C)CCN(C)c1nc(OCC(F)(F)F)c(Nc2ncnc(N3CCC(C)(C)c4cc(F)ccc43)n2)cc1N. The molecule has 0 spiro atoms. The minimum absolute atomic E-state index is 0.0465. The fourth-order valence-electron chi connectivity index (χ4n) is 4.35. The topological polar surface area (TPSA) is 109 Å². The van der Waals surface area contributed by atoms with E-state index < -0.39 is 12.8 Å². The molecule has 2 aromatic heterocycles. The number of nitrogens with two attached hydrogens (primary N) is 1. The number of ether oxygens (including phenoxy) is 1. The Balaban J connectivity index is 1.66. The third-order valence-corrected chi connectivity index (χ3v) is 6.60. The number of hydrogen-bond donors (Lipinski definition) is 2. The molecule has 4 rings (SSSR count). The normalized spacial score (nSPS) is 14.7. The lowest BCUT2D eigenvalue weighted by Crippen LogP contribution is -2.35. The molecule has 40 heavy (non-hydrogen) atoms. The van der Waals surface area contributed by atoms with Gasteiger partial charge in [-0.15, -0.1) is 0 Å². The van der Waals surface area contributed by atoms with Crippen molar-refractivity contribution in [1.82, 2.24) is 24.8 Å². The Morgan fingerprint density at radius 2 is 1.85 bits per heavy atom. The lowest BCUT2D eigenvalue weighted by molar-refractivity contribution is -0.153. The first-order valence-corrected chi connectivity index (χ1v) is 12.6. The van der Waals surface area contributed by atoms with Crippen LogP contribution in [-0.2, 0) is 5.41 Å². The first-order chi connectivity index (χ1) is 18.7. The van der Waals surface area contributed by atoms with E-state index in [1.54, 1.807) is 18.0 Å². The molecule has 0 aliphatic carbocycles. The van der Waals surface area contributed by atoms with Crippen molar-refractivity contribution in [2.75, 3.05) is 68.2 Å². The average Bonchev–Trinajstić information content (AvgIpc) is 2.87. The molecule has 0 unspecified atom stereocenters. The van der Waals surface area contributed by atoms with Gasteiger partial charge in [0, 0.05) is 32.4 Å². The molecular weight excluding hydrogens is 530 g/mol. The number of likely N-dealkylation sites (N-methyl/N-ethyl adjacent to an activating group) is 2. The largest absolute Gasteiger partial charge is 0.466 e. The fourth-order valence-corrected chi connectivity index (χ4v) is 4.35. The Morgan fingerprint density at radius 1 is 1.10 bits per heavy atom. The average molecular weight is 564 g/mol. The molecule has 0 radical (unpaired) electrons. The highest BCUT2D eigenvalue weighted by molar-refractivity contribution is 5.74. The standard InChI is InChI=1S/C26H33F4N9O/c1-25(2)8-9-39(20-7-6-16(27)12-17(20)25)24-33-15-32-23(36-24)34-19-13-18(31)21(38(5)11-10-37(3)4)35-22(19)40-14-26(28,29)30/h6-7,12-13,15H,8-11,14,31H2,1-5H3,(H,32,33,34,36). The van der Waals surface area contributed by atoms with Crippen molar-refractivity contribution < 1.29 is 22.3 Å². The van der Waals surface area contributed by atoms with Crippen LogP contribution in [0, 0.1) is 5.82 Å². The predicted octanol–water partition coefficient (Wildman–Crippen LogP) is 4.49. The van der Waals surface area contributed by atoms with Crippen molar-refractivity contribution in [1.29, 1.82) is 0 Å². The molecule has 3 N–H and O–H groups in total. The van der Waals surface area contributed by atoms with Crippen LogP contribution in [0.4, 0.5) is 52.3 Å². The van der Waals surface area contributed by atoms with Crippen LogP contribution in [-0.4, -0.2) is 78.4 Å². The molecule has 0 atom stereocenters. The lowest BCUT2D eigenvalue weighted by atomic mass is 9.77. The summed E-state index contributed by atoms with van der Waals surface area (Å²) in [7, 11) is 5.55. The summed E-state index contributed by atoms with van der Waals surface area (Å²) >= 11 is 0. The number of rotatable bonds is 9. The maximum Gasteiger partial charge on any atom is 0.422 e. The molecule has 10 nitrogen and oxygen atoms in total. The minimum Gasteiger partial charge on any atom is -0.466 e. The maximum absolute atomic E-state index is 14.1. The van der Waals surface area contributed by atoms with Gasteiger partial charge in [0.05, 0.1) is 5.69 Å². The number of nitrogens with one attached hydrogen (secondary N) is 1. The highest BCUT2D eigenvalue weighted by atomic mass is 19.4. The van der Waals surface area contributed by atoms with E-state index in [0.29, 0.717) is 25.6 Å². The summed E-state index contributed by atoms with van der Waals surface area (Å²) in [6, 6.07) is 6.01. The second-order valence-corrected chi connectivity index (χ2v) is 10.6. The third-order valence-electron chi connectivity index (χ3n) is 6.60. The zero-order valence-corrected chi connectivity index (χ0v) is 23.1. The van der Waals surface area contributed by atoms with Crippen molar-refractivity contribution >= 4 is 34.8 Å². The third kappa shape index (κ3) is 6.79. The van der Waals surface area contributed by atoms with E-state index in [2.05, 4.69) is 25.3 Å². The van der Waals surface area contributed by atoms with Gasteiger partial charge in [0.25, 0.3) is 0 Å². The van der Waals surface area contributed by atoms with Crippen LogP contribution in [0.3, 0.4) is 0 Å². The van der Waals surface area contributed by atoms with Gasteiger partial charge in [0.15, 0.2) is 12.4 Å². The zero-order valence-electron chi connectivity index (χ0n) is 23.1. The number of nitrogens with zero attached hydrogens (tertiary/aromatic N) is 7. The Kier molecular flexibility index (Phi) is 8.19. The number of aromatic nitrogens is 4. The van der Waals surface area contributed by atoms with Gasteiger partial charge in [-0.3, -0.25) is 0 Å².